The Morgan fingerprint density at radius 1 is 0.574 bits per heavy atom. The molecule has 0 aromatic carbocycles. The van der Waals surface area contributed by atoms with Gasteiger partial charge in [0, 0.05) is 6.42 Å². The molecule has 0 bridgehead atoms. The highest BCUT2D eigenvalue weighted by atomic mass is 31.2. The van der Waals surface area contributed by atoms with Gasteiger partial charge in [-0.05, 0) is 96.3 Å². The van der Waals surface area contributed by atoms with Crippen molar-refractivity contribution in [2.24, 2.45) is 0 Å². The third-order valence-corrected chi connectivity index (χ3v) is 10.7. The molecule has 9 heteroatoms. The van der Waals surface area contributed by atoms with Gasteiger partial charge in [0.15, 0.2) is 0 Å². The number of hydrogen-bond donors (Lipinski definition) is 3. The Labute approximate surface area is 374 Å². The van der Waals surface area contributed by atoms with Crippen LogP contribution in [-0.4, -0.2) is 73.4 Å². The molecule has 0 fully saturated rings. The van der Waals surface area contributed by atoms with Crippen LogP contribution in [0.4, 0.5) is 0 Å². The summed E-state index contributed by atoms with van der Waals surface area (Å²) in [5.74, 6) is -0.222. The molecule has 8 nitrogen and oxygen atoms in total. The first-order valence-corrected chi connectivity index (χ1v) is 25.3. The number of aliphatic hydroxyl groups is 1. The van der Waals surface area contributed by atoms with E-state index in [0.29, 0.717) is 17.4 Å². The fourth-order valence-electron chi connectivity index (χ4n) is 5.96. The predicted octanol–water partition coefficient (Wildman–Crippen LogP) is 13.7. The highest BCUT2D eigenvalue weighted by Gasteiger charge is 2.27. The molecule has 0 saturated heterocycles. The van der Waals surface area contributed by atoms with E-state index in [2.05, 4.69) is 116 Å². The summed E-state index contributed by atoms with van der Waals surface area (Å²) in [6.45, 7) is 4.61. The number of phosphoric acid groups is 1. The highest BCUT2D eigenvalue weighted by molar-refractivity contribution is 7.47. The third-order valence-electron chi connectivity index (χ3n) is 9.70. The van der Waals surface area contributed by atoms with Crippen molar-refractivity contribution in [3.63, 3.8) is 0 Å². The van der Waals surface area contributed by atoms with Gasteiger partial charge in [-0.25, -0.2) is 4.57 Å². The van der Waals surface area contributed by atoms with E-state index in [1.807, 2.05) is 27.2 Å². The fraction of sp³-hybridized carbons (Fsp3) is 0.635. The number of rotatable bonds is 41. The largest absolute Gasteiger partial charge is 0.472 e. The Morgan fingerprint density at radius 2 is 1.00 bits per heavy atom. The fourth-order valence-corrected chi connectivity index (χ4v) is 6.69. The average molecular weight is 870 g/mol. The summed E-state index contributed by atoms with van der Waals surface area (Å²) in [6.07, 6.45) is 61.6. The van der Waals surface area contributed by atoms with Crippen molar-refractivity contribution >= 4 is 13.7 Å². The molecular formula is C52H90N2O6P+. The molecule has 0 aliphatic carbocycles. The van der Waals surface area contributed by atoms with Gasteiger partial charge >= 0.3 is 7.82 Å². The predicted molar refractivity (Wildman–Crippen MR) is 262 cm³/mol. The summed E-state index contributed by atoms with van der Waals surface area (Å²) >= 11 is 0. The zero-order chi connectivity index (χ0) is 45.0. The topological polar surface area (TPSA) is 105 Å². The molecule has 3 unspecified atom stereocenters. The number of allylic oxidation sites excluding steroid dienone is 17. The number of quaternary nitrogens is 1. The van der Waals surface area contributed by atoms with Crippen molar-refractivity contribution in [2.45, 2.75) is 174 Å². The number of carbonyl (C=O) groups is 1. The maximum absolute atomic E-state index is 12.9. The molecule has 0 radical (unpaired) electrons. The van der Waals surface area contributed by atoms with Gasteiger partial charge in [0.05, 0.1) is 39.9 Å². The maximum atomic E-state index is 12.9. The molecule has 0 aromatic heterocycles. The molecule has 3 N–H and O–H groups in total. The van der Waals surface area contributed by atoms with Crippen LogP contribution >= 0.6 is 7.82 Å². The number of carbonyl (C=O) groups excluding carboxylic acids is 1. The summed E-state index contributed by atoms with van der Waals surface area (Å²) in [4.78, 5) is 23.2. The number of nitrogens with zero attached hydrogens (tertiary/aromatic N) is 1. The summed E-state index contributed by atoms with van der Waals surface area (Å²) in [7, 11) is 1.51. The van der Waals surface area contributed by atoms with Crippen molar-refractivity contribution in [1.29, 1.82) is 0 Å². The van der Waals surface area contributed by atoms with Gasteiger partial charge in [-0.15, -0.1) is 0 Å². The van der Waals surface area contributed by atoms with Crippen LogP contribution in [0.5, 0.6) is 0 Å². The lowest BCUT2D eigenvalue weighted by Gasteiger charge is -2.25. The van der Waals surface area contributed by atoms with Crippen molar-refractivity contribution in [3.05, 3.63) is 109 Å². The summed E-state index contributed by atoms with van der Waals surface area (Å²) in [5.41, 5.74) is 0. The van der Waals surface area contributed by atoms with E-state index in [1.165, 1.54) is 44.9 Å². The van der Waals surface area contributed by atoms with E-state index < -0.39 is 20.0 Å². The lowest BCUT2D eigenvalue weighted by atomic mass is 10.1. The Morgan fingerprint density at radius 3 is 1.51 bits per heavy atom. The summed E-state index contributed by atoms with van der Waals surface area (Å²) < 4.78 is 23.5. The van der Waals surface area contributed by atoms with Crippen LogP contribution in [0.3, 0.4) is 0 Å². The number of aliphatic hydroxyl groups excluding tert-OH is 1. The molecule has 0 rings (SSSR count). The second kappa shape index (κ2) is 42.5. The van der Waals surface area contributed by atoms with Crippen LogP contribution in [0.2, 0.25) is 0 Å². The van der Waals surface area contributed by atoms with E-state index in [9.17, 15) is 19.4 Å². The molecule has 0 spiro atoms. The van der Waals surface area contributed by atoms with E-state index in [1.54, 1.807) is 6.08 Å². The molecule has 348 valence electrons. The van der Waals surface area contributed by atoms with Gasteiger partial charge in [0.1, 0.15) is 13.2 Å². The SMILES string of the molecule is CC/C=C\C/C=C\C/C=C\C/C=C\C/C=C\C/C=C\CCCCCCC(=O)NC(COP(=O)(O)OCC[N+](C)(C)C)C(O)/C=C/CC/C=C/CC/C=C/CCCCCCCC. The van der Waals surface area contributed by atoms with Crippen molar-refractivity contribution in [3.8, 4) is 0 Å². The third kappa shape index (κ3) is 45.0. The average Bonchev–Trinajstić information content (AvgIpc) is 3.21. The quantitative estimate of drug-likeness (QED) is 0.0245. The van der Waals surface area contributed by atoms with Crippen LogP contribution in [0.15, 0.2) is 109 Å². The summed E-state index contributed by atoms with van der Waals surface area (Å²) in [6, 6.07) is -0.891. The van der Waals surface area contributed by atoms with Crippen LogP contribution in [-0.2, 0) is 18.4 Å². The van der Waals surface area contributed by atoms with Crippen LogP contribution < -0.4 is 5.32 Å². The number of hydrogen-bond acceptors (Lipinski definition) is 5. The molecule has 0 heterocycles. The molecule has 0 aliphatic rings. The van der Waals surface area contributed by atoms with Gasteiger partial charge in [0.25, 0.3) is 0 Å². The van der Waals surface area contributed by atoms with Gasteiger partial charge < -0.3 is 19.8 Å². The minimum atomic E-state index is -4.37. The number of unbranched alkanes of at least 4 members (excludes halogenated alkanes) is 12. The van der Waals surface area contributed by atoms with Gasteiger partial charge in [-0.3, -0.25) is 13.8 Å². The van der Waals surface area contributed by atoms with E-state index in [4.69, 9.17) is 9.05 Å². The first-order valence-electron chi connectivity index (χ1n) is 23.8. The van der Waals surface area contributed by atoms with Crippen molar-refractivity contribution in [2.75, 3.05) is 40.9 Å². The minimum absolute atomic E-state index is 0.0415. The lowest BCUT2D eigenvalue weighted by Crippen LogP contribution is -2.45. The zero-order valence-corrected chi connectivity index (χ0v) is 40.2. The molecule has 0 aliphatic heterocycles. The minimum Gasteiger partial charge on any atom is -0.387 e. The Balaban J connectivity index is 4.52. The van der Waals surface area contributed by atoms with Crippen LogP contribution in [0.25, 0.3) is 0 Å². The zero-order valence-electron chi connectivity index (χ0n) is 39.4. The molecule has 1 amide bonds. The van der Waals surface area contributed by atoms with Crippen LogP contribution in [0, 0.1) is 0 Å². The number of nitrogens with one attached hydrogen (secondary N) is 1. The second-order valence-electron chi connectivity index (χ2n) is 16.7. The van der Waals surface area contributed by atoms with E-state index in [0.717, 1.165) is 96.3 Å². The highest BCUT2D eigenvalue weighted by Crippen LogP contribution is 2.43. The molecule has 0 aromatic rings. The number of phosphoric ester groups is 1. The van der Waals surface area contributed by atoms with E-state index in [-0.39, 0.29) is 19.1 Å². The first kappa shape index (κ1) is 58.2. The second-order valence-corrected chi connectivity index (χ2v) is 18.2. The Kier molecular flexibility index (Phi) is 40.5. The standard InChI is InChI=1S/C52H89N2O6P/c1-6-8-10-12-14-16-18-20-22-24-25-26-27-28-29-30-32-34-36-38-40-42-44-46-52(56)53-50(49-60-61(57,58)59-48-47-54(3,4)5)51(55)45-43-41-39-37-35-33-31-23-21-19-17-15-13-11-9-7-2/h8,10,14,16,20-23,25-26,28-29,32,34-35,37,43,45,50-51,55H,6-7,9,11-13,15,17-19,24,27,30-31,33,36,38-42,44,46-49H2,1-5H3,(H-,53,56,57,58)/p+1/b10-8-,16-14-,22-20-,23-21+,26-25-,29-28-,34-32-,37-35+,45-43+. The van der Waals surface area contributed by atoms with Crippen molar-refractivity contribution in [1.82, 2.24) is 5.32 Å². The van der Waals surface area contributed by atoms with Gasteiger partial charge in [0.2, 0.25) is 5.91 Å². The van der Waals surface area contributed by atoms with E-state index >= 15 is 0 Å². The molecule has 0 saturated carbocycles. The number of amides is 1. The van der Waals surface area contributed by atoms with Crippen molar-refractivity contribution < 1.29 is 32.9 Å². The monoisotopic (exact) mass is 870 g/mol. The molecule has 61 heavy (non-hydrogen) atoms. The Bertz CT molecular complexity index is 1350. The molecule has 3 atom stereocenters. The summed E-state index contributed by atoms with van der Waals surface area (Å²) in [5, 5.41) is 13.8. The smallest absolute Gasteiger partial charge is 0.387 e. The Hall–Kier alpha value is -2.84. The maximum Gasteiger partial charge on any atom is 0.472 e. The van der Waals surface area contributed by atoms with Gasteiger partial charge in [-0.2, -0.15) is 0 Å². The first-order chi connectivity index (χ1) is 29.5. The van der Waals surface area contributed by atoms with Gasteiger partial charge in [-0.1, -0.05) is 168 Å². The van der Waals surface area contributed by atoms with Crippen LogP contribution in [0.1, 0.15) is 162 Å². The lowest BCUT2D eigenvalue weighted by molar-refractivity contribution is -0.870. The number of likely N-dealkylation sites (N-methyl/N-ethyl adjacent to an activating group) is 1. The normalized spacial score (nSPS) is 15.2. The molecular weight excluding hydrogens is 780 g/mol.